The van der Waals surface area contributed by atoms with Crippen LogP contribution in [0.25, 0.3) is 0 Å². The lowest BCUT2D eigenvalue weighted by molar-refractivity contribution is 0.284. The Morgan fingerprint density at radius 1 is 1.50 bits per heavy atom. The second-order valence-corrected chi connectivity index (χ2v) is 3.71. The van der Waals surface area contributed by atoms with Gasteiger partial charge in [0.2, 0.25) is 11.8 Å². The molecule has 0 radical (unpaired) electrons. The zero-order valence-electron chi connectivity index (χ0n) is 8.29. The van der Waals surface area contributed by atoms with E-state index in [1.54, 1.807) is 12.1 Å². The topological polar surface area (TPSA) is 22.1 Å². The van der Waals surface area contributed by atoms with Gasteiger partial charge in [0.1, 0.15) is 7.85 Å². The van der Waals surface area contributed by atoms with Crippen molar-refractivity contribution in [3.63, 3.8) is 0 Å². The van der Waals surface area contributed by atoms with E-state index in [0.717, 1.165) is 0 Å². The SMILES string of the molecule is BCc1ccc(OCC2CC2)nc1F. The maximum Gasteiger partial charge on any atom is 0.218 e. The minimum absolute atomic E-state index is 0.402. The molecule has 1 aromatic rings. The van der Waals surface area contributed by atoms with Crippen LogP contribution in [0.5, 0.6) is 5.88 Å². The molecule has 1 aliphatic carbocycles. The first-order chi connectivity index (χ1) is 6.79. The van der Waals surface area contributed by atoms with Gasteiger partial charge in [0.05, 0.1) is 6.61 Å². The van der Waals surface area contributed by atoms with Crippen molar-refractivity contribution in [2.24, 2.45) is 5.92 Å². The number of ether oxygens (including phenoxy) is 1. The van der Waals surface area contributed by atoms with Gasteiger partial charge in [-0.15, -0.1) is 0 Å². The number of rotatable bonds is 4. The van der Waals surface area contributed by atoms with Gasteiger partial charge < -0.3 is 4.74 Å². The highest BCUT2D eigenvalue weighted by atomic mass is 19.1. The fourth-order valence-electron chi connectivity index (χ4n) is 1.28. The van der Waals surface area contributed by atoms with Crippen LogP contribution in [0.4, 0.5) is 4.39 Å². The van der Waals surface area contributed by atoms with E-state index >= 15 is 0 Å². The van der Waals surface area contributed by atoms with Gasteiger partial charge in [0, 0.05) is 6.07 Å². The molecule has 2 rings (SSSR count). The fourth-order valence-corrected chi connectivity index (χ4v) is 1.28. The molecule has 0 aromatic carbocycles. The maximum atomic E-state index is 13.2. The smallest absolute Gasteiger partial charge is 0.218 e. The van der Waals surface area contributed by atoms with Gasteiger partial charge >= 0.3 is 0 Å². The predicted molar refractivity (Wildman–Crippen MR) is 54.7 cm³/mol. The summed E-state index contributed by atoms with van der Waals surface area (Å²) >= 11 is 0. The van der Waals surface area contributed by atoms with Crippen LogP contribution in [0.3, 0.4) is 0 Å². The van der Waals surface area contributed by atoms with Crippen LogP contribution in [0, 0.1) is 11.9 Å². The molecule has 1 fully saturated rings. The highest BCUT2D eigenvalue weighted by Gasteiger charge is 2.22. The van der Waals surface area contributed by atoms with Gasteiger partial charge in [0.15, 0.2) is 0 Å². The zero-order chi connectivity index (χ0) is 9.97. The molecule has 1 saturated carbocycles. The van der Waals surface area contributed by atoms with E-state index in [1.165, 1.54) is 12.8 Å². The van der Waals surface area contributed by atoms with Gasteiger partial charge in [-0.25, -0.2) is 0 Å². The van der Waals surface area contributed by atoms with Crippen LogP contribution in [0.2, 0.25) is 0 Å². The molecular formula is C10H13BFNO. The third-order valence-electron chi connectivity index (χ3n) is 2.45. The van der Waals surface area contributed by atoms with E-state index in [2.05, 4.69) is 4.98 Å². The summed E-state index contributed by atoms with van der Waals surface area (Å²) in [6.45, 7) is 0.678. The molecule has 1 heterocycles. The van der Waals surface area contributed by atoms with Crippen molar-refractivity contribution in [1.29, 1.82) is 0 Å². The Hall–Kier alpha value is -1.06. The molecule has 0 spiro atoms. The van der Waals surface area contributed by atoms with Crippen molar-refractivity contribution in [3.05, 3.63) is 23.6 Å². The van der Waals surface area contributed by atoms with Gasteiger partial charge in [-0.1, -0.05) is 6.32 Å². The minimum Gasteiger partial charge on any atom is -0.477 e. The van der Waals surface area contributed by atoms with Crippen molar-refractivity contribution in [2.75, 3.05) is 6.61 Å². The van der Waals surface area contributed by atoms with Gasteiger partial charge in [0.25, 0.3) is 0 Å². The van der Waals surface area contributed by atoms with Crippen molar-refractivity contribution in [3.8, 4) is 5.88 Å². The van der Waals surface area contributed by atoms with Crippen LogP contribution in [-0.2, 0) is 6.32 Å². The third-order valence-corrected chi connectivity index (χ3v) is 2.45. The Bertz CT molecular complexity index is 328. The number of hydrogen-bond acceptors (Lipinski definition) is 2. The van der Waals surface area contributed by atoms with E-state index in [-0.39, 0.29) is 0 Å². The molecule has 4 heteroatoms. The molecule has 1 aromatic heterocycles. The average Bonchev–Trinajstić information content (AvgIpc) is 2.98. The van der Waals surface area contributed by atoms with Crippen molar-refractivity contribution in [2.45, 2.75) is 19.2 Å². The number of halogens is 1. The first-order valence-corrected chi connectivity index (χ1v) is 5.08. The summed E-state index contributed by atoms with van der Waals surface area (Å²) in [7, 11) is 1.91. The lowest BCUT2D eigenvalue weighted by atomic mass is 9.98. The number of nitrogens with zero attached hydrogens (tertiary/aromatic N) is 1. The van der Waals surface area contributed by atoms with Crippen LogP contribution in [0.1, 0.15) is 18.4 Å². The fraction of sp³-hybridized carbons (Fsp3) is 0.500. The molecule has 0 bridgehead atoms. The molecule has 0 saturated heterocycles. The van der Waals surface area contributed by atoms with Crippen LogP contribution in [-0.4, -0.2) is 19.4 Å². The first kappa shape index (κ1) is 9.50. The molecule has 0 atom stereocenters. The molecule has 0 N–H and O–H groups in total. The van der Waals surface area contributed by atoms with Gasteiger partial charge in [-0.3, -0.25) is 0 Å². The monoisotopic (exact) mass is 193 g/mol. The summed E-state index contributed by atoms with van der Waals surface area (Å²) < 4.78 is 18.6. The Morgan fingerprint density at radius 2 is 2.29 bits per heavy atom. The lowest BCUT2D eigenvalue weighted by Gasteiger charge is -2.05. The minimum atomic E-state index is -0.402. The largest absolute Gasteiger partial charge is 0.477 e. The summed E-state index contributed by atoms with van der Waals surface area (Å²) in [5.74, 6) is 0.679. The Kier molecular flexibility index (Phi) is 2.70. The molecule has 0 aliphatic heterocycles. The second kappa shape index (κ2) is 3.99. The molecular weight excluding hydrogens is 180 g/mol. The first-order valence-electron chi connectivity index (χ1n) is 5.08. The zero-order valence-corrected chi connectivity index (χ0v) is 8.29. The van der Waals surface area contributed by atoms with Crippen molar-refractivity contribution >= 4 is 7.85 Å². The standard InChI is InChI=1S/C10H13BFNO/c11-5-8-3-4-9(13-10(8)12)14-6-7-1-2-7/h3-4,7H,1-2,5-6,11H2. The van der Waals surface area contributed by atoms with Crippen LogP contribution in [0.15, 0.2) is 12.1 Å². The second-order valence-electron chi connectivity index (χ2n) is 3.71. The summed E-state index contributed by atoms with van der Waals surface area (Å²) in [6, 6.07) is 3.48. The van der Waals surface area contributed by atoms with E-state index in [0.29, 0.717) is 30.3 Å². The van der Waals surface area contributed by atoms with Crippen molar-refractivity contribution in [1.82, 2.24) is 4.98 Å². The molecule has 0 unspecified atom stereocenters. The van der Waals surface area contributed by atoms with E-state index in [4.69, 9.17) is 4.74 Å². The number of aromatic nitrogens is 1. The average molecular weight is 193 g/mol. The lowest BCUT2D eigenvalue weighted by Crippen LogP contribution is -2.03. The summed E-state index contributed by atoms with van der Waals surface area (Å²) in [5.41, 5.74) is 0.642. The third kappa shape index (κ3) is 2.25. The normalized spacial score (nSPS) is 15.5. The Morgan fingerprint density at radius 3 is 2.86 bits per heavy atom. The van der Waals surface area contributed by atoms with E-state index in [9.17, 15) is 4.39 Å². The van der Waals surface area contributed by atoms with Gasteiger partial charge in [-0.2, -0.15) is 9.37 Å². The molecule has 2 nitrogen and oxygen atoms in total. The quantitative estimate of drug-likeness (QED) is 0.528. The summed E-state index contributed by atoms with van der Waals surface area (Å²) in [4.78, 5) is 3.75. The summed E-state index contributed by atoms with van der Waals surface area (Å²) in [5, 5.41) is 0. The van der Waals surface area contributed by atoms with Crippen LogP contribution >= 0.6 is 0 Å². The molecule has 1 aliphatic rings. The number of pyridine rings is 1. The maximum absolute atomic E-state index is 13.2. The molecule has 74 valence electrons. The van der Waals surface area contributed by atoms with Gasteiger partial charge in [-0.05, 0) is 30.4 Å². The summed E-state index contributed by atoms with van der Waals surface area (Å²) in [6.07, 6.45) is 3.13. The Labute approximate surface area is 83.9 Å². The molecule has 14 heavy (non-hydrogen) atoms. The highest BCUT2D eigenvalue weighted by molar-refractivity contribution is 6.08. The highest BCUT2D eigenvalue weighted by Crippen LogP contribution is 2.29. The van der Waals surface area contributed by atoms with Crippen molar-refractivity contribution < 1.29 is 9.13 Å². The van der Waals surface area contributed by atoms with Crippen LogP contribution < -0.4 is 4.74 Å². The molecule has 0 amide bonds. The predicted octanol–water partition coefficient (Wildman–Crippen LogP) is 1.14. The number of hydrogen-bond donors (Lipinski definition) is 0. The van der Waals surface area contributed by atoms with E-state index < -0.39 is 5.95 Å². The Balaban J connectivity index is 1.99. The van der Waals surface area contributed by atoms with E-state index in [1.807, 2.05) is 7.85 Å².